The number of halogens is 1. The second kappa shape index (κ2) is 8.50. The van der Waals surface area contributed by atoms with Crippen LogP contribution in [-0.4, -0.2) is 59.5 Å². The number of nitrogens with one attached hydrogen (secondary N) is 1. The molecule has 0 aliphatic carbocycles. The third kappa shape index (κ3) is 4.23. The summed E-state index contributed by atoms with van der Waals surface area (Å²) in [6.07, 6.45) is 5.41. The lowest BCUT2D eigenvalue weighted by Gasteiger charge is -2.19. The number of amides is 2. The van der Waals surface area contributed by atoms with Gasteiger partial charge in [-0.15, -0.1) is 0 Å². The van der Waals surface area contributed by atoms with E-state index >= 15 is 0 Å². The van der Waals surface area contributed by atoms with Crippen LogP contribution in [0.3, 0.4) is 0 Å². The molecule has 1 aliphatic rings. The number of fused-ring (bicyclic) bond motifs is 1. The number of rotatable bonds is 5. The smallest absolute Gasteiger partial charge is 0.275 e. The number of carbonyl (C=O) groups is 2. The third-order valence-electron chi connectivity index (χ3n) is 4.19. The zero-order valence-electron chi connectivity index (χ0n) is 15.9. The second-order valence-electron chi connectivity index (χ2n) is 6.21. The van der Waals surface area contributed by atoms with E-state index in [0.29, 0.717) is 17.1 Å². The quantitative estimate of drug-likeness (QED) is 0.685. The van der Waals surface area contributed by atoms with Gasteiger partial charge in [0, 0.05) is 38.3 Å². The lowest BCUT2D eigenvalue weighted by molar-refractivity contribution is -0.120. The molecule has 10 nitrogen and oxygen atoms in total. The minimum Gasteiger partial charge on any atom is -0.487 e. The molecular formula is C18H20FN7O3. The fourth-order valence-electron chi connectivity index (χ4n) is 2.78. The van der Waals surface area contributed by atoms with Crippen LogP contribution in [0.4, 0.5) is 10.2 Å². The fraction of sp³-hybridized carbons (Fsp3) is 0.278. The standard InChI is InChI=1S/C18H20FN7O3/c1-21-7-11(6-20)8-26-9-12(19)15(24-26)17(27)23-13-10-29-14-4-3-5-22-16(14)25(2)18(13)28/h3-7,9,13H,8,10,20H2,1-2H3,(H,23,27)/b11-6+,21-7?/t13-/m0/s1. The van der Waals surface area contributed by atoms with Gasteiger partial charge < -0.3 is 15.8 Å². The summed E-state index contributed by atoms with van der Waals surface area (Å²) in [5.41, 5.74) is 5.63. The molecule has 152 valence electrons. The highest BCUT2D eigenvalue weighted by molar-refractivity contribution is 6.02. The highest BCUT2D eigenvalue weighted by Gasteiger charge is 2.32. The van der Waals surface area contributed by atoms with Gasteiger partial charge in [0.15, 0.2) is 23.1 Å². The van der Waals surface area contributed by atoms with Crippen LogP contribution in [0, 0.1) is 5.82 Å². The van der Waals surface area contributed by atoms with Crippen LogP contribution in [-0.2, 0) is 11.3 Å². The molecule has 3 heterocycles. The first-order valence-corrected chi connectivity index (χ1v) is 8.66. The lowest BCUT2D eigenvalue weighted by atomic mass is 10.2. The van der Waals surface area contributed by atoms with Crippen molar-refractivity contribution in [3.8, 4) is 5.75 Å². The van der Waals surface area contributed by atoms with E-state index in [1.165, 1.54) is 35.2 Å². The van der Waals surface area contributed by atoms with Crippen LogP contribution < -0.4 is 20.7 Å². The van der Waals surface area contributed by atoms with Crippen LogP contribution in [0.5, 0.6) is 5.75 Å². The molecule has 2 aromatic heterocycles. The molecule has 29 heavy (non-hydrogen) atoms. The van der Waals surface area contributed by atoms with Crippen molar-refractivity contribution in [1.82, 2.24) is 20.1 Å². The SMILES string of the molecule is CN=C/C(=C\N)Cn1cc(F)c(C(=O)N[C@H]2COc3cccnc3N(C)C2=O)n1. The van der Waals surface area contributed by atoms with Gasteiger partial charge in [0.25, 0.3) is 11.8 Å². The maximum absolute atomic E-state index is 14.3. The molecule has 0 spiro atoms. The van der Waals surface area contributed by atoms with Crippen molar-refractivity contribution in [2.75, 3.05) is 25.6 Å². The zero-order valence-corrected chi connectivity index (χ0v) is 15.9. The van der Waals surface area contributed by atoms with E-state index < -0.39 is 29.4 Å². The third-order valence-corrected chi connectivity index (χ3v) is 4.19. The van der Waals surface area contributed by atoms with E-state index in [4.69, 9.17) is 10.5 Å². The molecule has 2 aromatic rings. The number of aromatic nitrogens is 3. The number of likely N-dealkylation sites (N-methyl/N-ethyl adjacent to an activating group) is 1. The zero-order chi connectivity index (χ0) is 21.0. The van der Waals surface area contributed by atoms with Crippen LogP contribution in [0.25, 0.3) is 0 Å². The van der Waals surface area contributed by atoms with Crippen molar-refractivity contribution in [3.63, 3.8) is 0 Å². The summed E-state index contributed by atoms with van der Waals surface area (Å²) in [6.45, 7) is 0.0101. The molecule has 1 atom stereocenters. The summed E-state index contributed by atoms with van der Waals surface area (Å²) in [4.78, 5) is 34.4. The number of hydrogen-bond donors (Lipinski definition) is 2. The summed E-state index contributed by atoms with van der Waals surface area (Å²) in [7, 11) is 3.09. The van der Waals surface area contributed by atoms with Gasteiger partial charge in [0.2, 0.25) is 0 Å². The van der Waals surface area contributed by atoms with Crippen molar-refractivity contribution in [3.05, 3.63) is 47.8 Å². The number of nitrogens with zero attached hydrogens (tertiary/aromatic N) is 5. The van der Waals surface area contributed by atoms with E-state index in [-0.39, 0.29) is 13.2 Å². The number of anilines is 1. The lowest BCUT2D eigenvalue weighted by Crippen LogP contribution is -2.49. The number of aliphatic imine (C=N–C) groups is 1. The first kappa shape index (κ1) is 20.0. The van der Waals surface area contributed by atoms with Gasteiger partial charge in [-0.05, 0) is 12.1 Å². The Kier molecular flexibility index (Phi) is 5.86. The number of hydrogen-bond acceptors (Lipinski definition) is 7. The van der Waals surface area contributed by atoms with E-state index in [0.717, 1.165) is 6.20 Å². The van der Waals surface area contributed by atoms with Crippen molar-refractivity contribution < 1.29 is 18.7 Å². The first-order valence-electron chi connectivity index (χ1n) is 8.66. The van der Waals surface area contributed by atoms with Crippen LogP contribution in [0.1, 0.15) is 10.5 Å². The Morgan fingerprint density at radius 3 is 3.07 bits per heavy atom. The molecule has 0 unspecified atom stereocenters. The first-order chi connectivity index (χ1) is 13.9. The summed E-state index contributed by atoms with van der Waals surface area (Å²) < 4.78 is 21.1. The van der Waals surface area contributed by atoms with Crippen molar-refractivity contribution in [2.24, 2.45) is 10.7 Å². The van der Waals surface area contributed by atoms with Crippen molar-refractivity contribution >= 4 is 23.8 Å². The van der Waals surface area contributed by atoms with E-state index in [1.807, 2.05) is 0 Å². The molecule has 11 heteroatoms. The topological polar surface area (TPSA) is 128 Å². The molecule has 0 saturated carbocycles. The molecule has 1 aliphatic heterocycles. The molecule has 0 aromatic carbocycles. The fourth-order valence-corrected chi connectivity index (χ4v) is 2.78. The van der Waals surface area contributed by atoms with Gasteiger partial charge in [0.05, 0.1) is 12.7 Å². The molecule has 0 fully saturated rings. The maximum Gasteiger partial charge on any atom is 0.275 e. The van der Waals surface area contributed by atoms with Gasteiger partial charge in [-0.2, -0.15) is 5.10 Å². The number of pyridine rings is 1. The molecular weight excluding hydrogens is 381 g/mol. The molecule has 0 radical (unpaired) electrons. The van der Waals surface area contributed by atoms with E-state index in [9.17, 15) is 14.0 Å². The van der Waals surface area contributed by atoms with E-state index in [1.54, 1.807) is 19.2 Å². The summed E-state index contributed by atoms with van der Waals surface area (Å²) >= 11 is 0. The molecule has 0 saturated heterocycles. The molecule has 3 N–H and O–H groups in total. The predicted molar refractivity (Wildman–Crippen MR) is 103 cm³/mol. The molecule has 3 rings (SSSR count). The summed E-state index contributed by atoms with van der Waals surface area (Å²) in [6, 6.07) is 2.31. The van der Waals surface area contributed by atoms with Gasteiger partial charge in [-0.1, -0.05) is 0 Å². The highest BCUT2D eigenvalue weighted by Crippen LogP contribution is 2.27. The second-order valence-corrected chi connectivity index (χ2v) is 6.21. The Bertz CT molecular complexity index is 986. The van der Waals surface area contributed by atoms with Crippen LogP contribution in [0.15, 0.2) is 41.3 Å². The summed E-state index contributed by atoms with van der Waals surface area (Å²) in [5, 5.41) is 6.42. The number of nitrogens with two attached hydrogens (primary N) is 1. The molecule has 0 bridgehead atoms. The number of carbonyl (C=O) groups excluding carboxylic acids is 2. The summed E-state index contributed by atoms with van der Waals surface area (Å²) in [5.74, 6) is -1.36. The number of allylic oxidation sites excluding steroid dienone is 1. The largest absolute Gasteiger partial charge is 0.487 e. The number of ether oxygens (including phenoxy) is 1. The van der Waals surface area contributed by atoms with Gasteiger partial charge in [-0.3, -0.25) is 24.2 Å². The van der Waals surface area contributed by atoms with Crippen LogP contribution >= 0.6 is 0 Å². The van der Waals surface area contributed by atoms with Crippen molar-refractivity contribution in [1.29, 1.82) is 0 Å². The van der Waals surface area contributed by atoms with Crippen molar-refractivity contribution in [2.45, 2.75) is 12.6 Å². The minimum absolute atomic E-state index is 0.122. The Hall–Kier alpha value is -3.76. The Morgan fingerprint density at radius 2 is 2.34 bits per heavy atom. The van der Waals surface area contributed by atoms with Crippen LogP contribution in [0.2, 0.25) is 0 Å². The Morgan fingerprint density at radius 1 is 1.55 bits per heavy atom. The minimum atomic E-state index is -1.03. The van der Waals surface area contributed by atoms with Gasteiger partial charge in [-0.25, -0.2) is 9.37 Å². The molecule has 2 amide bonds. The normalized spacial score (nSPS) is 17.1. The average molecular weight is 401 g/mol. The van der Waals surface area contributed by atoms with Gasteiger partial charge in [0.1, 0.15) is 12.6 Å². The monoisotopic (exact) mass is 401 g/mol. The Labute approximate surface area is 165 Å². The van der Waals surface area contributed by atoms with Gasteiger partial charge >= 0.3 is 0 Å². The average Bonchev–Trinajstić information content (AvgIpc) is 3.04. The Balaban J connectivity index is 1.74. The highest BCUT2D eigenvalue weighted by atomic mass is 19.1. The maximum atomic E-state index is 14.3. The predicted octanol–water partition coefficient (Wildman–Crippen LogP) is 0.114. The van der Waals surface area contributed by atoms with E-state index in [2.05, 4.69) is 20.4 Å².